The van der Waals surface area contributed by atoms with E-state index in [0.717, 1.165) is 46.4 Å². The minimum atomic E-state index is -0.388. The number of aromatic nitrogens is 3. The predicted molar refractivity (Wildman–Crippen MR) is 124 cm³/mol. The molecule has 0 spiro atoms. The summed E-state index contributed by atoms with van der Waals surface area (Å²) in [6.45, 7) is 4.58. The first-order valence-corrected chi connectivity index (χ1v) is 11.1. The molecule has 0 aliphatic carbocycles. The molecule has 4 nitrogen and oxygen atoms in total. The molecule has 0 amide bonds. The lowest BCUT2D eigenvalue weighted by Crippen LogP contribution is -2.20. The van der Waals surface area contributed by atoms with Crippen molar-refractivity contribution < 1.29 is 9.13 Å². The van der Waals surface area contributed by atoms with E-state index in [9.17, 15) is 4.39 Å². The molecule has 1 aliphatic heterocycles. The highest BCUT2D eigenvalue weighted by Gasteiger charge is 2.27. The van der Waals surface area contributed by atoms with Crippen LogP contribution >= 0.6 is 11.6 Å². The van der Waals surface area contributed by atoms with E-state index in [0.29, 0.717) is 22.9 Å². The first-order chi connectivity index (χ1) is 15.5. The fourth-order valence-corrected chi connectivity index (χ4v) is 4.57. The van der Waals surface area contributed by atoms with Gasteiger partial charge in [0.1, 0.15) is 5.82 Å². The summed E-state index contributed by atoms with van der Waals surface area (Å²) in [6, 6.07) is 14.7. The molecule has 2 atom stereocenters. The zero-order chi connectivity index (χ0) is 22.2. The van der Waals surface area contributed by atoms with Gasteiger partial charge in [-0.3, -0.25) is 15.0 Å². The molecule has 0 saturated carbocycles. The summed E-state index contributed by atoms with van der Waals surface area (Å²) in [5.74, 6) is -0.204. The lowest BCUT2D eigenvalue weighted by atomic mass is 9.88. The van der Waals surface area contributed by atoms with Crippen molar-refractivity contribution in [1.82, 2.24) is 15.0 Å². The Hall–Kier alpha value is -2.89. The Labute approximate surface area is 191 Å². The number of halogens is 2. The average molecular weight is 448 g/mol. The van der Waals surface area contributed by atoms with Crippen molar-refractivity contribution in [2.24, 2.45) is 0 Å². The highest BCUT2D eigenvalue weighted by Crippen LogP contribution is 2.39. The molecule has 1 aliphatic rings. The number of pyridine rings is 3. The number of ether oxygens (including phenoxy) is 1. The molecule has 32 heavy (non-hydrogen) atoms. The van der Waals surface area contributed by atoms with Gasteiger partial charge in [0, 0.05) is 51.8 Å². The summed E-state index contributed by atoms with van der Waals surface area (Å²) in [4.78, 5) is 14.0. The minimum Gasteiger partial charge on any atom is -0.373 e. The van der Waals surface area contributed by atoms with Crippen LogP contribution in [0, 0.1) is 19.7 Å². The quantitative estimate of drug-likeness (QED) is 0.349. The van der Waals surface area contributed by atoms with Crippen LogP contribution in [0.3, 0.4) is 0 Å². The molecular formula is C26H23ClFN3O. The molecule has 0 radical (unpaired) electrons. The Morgan fingerprint density at radius 2 is 1.88 bits per heavy atom. The van der Waals surface area contributed by atoms with Gasteiger partial charge in [-0.1, -0.05) is 11.6 Å². The first-order valence-electron chi connectivity index (χ1n) is 10.8. The zero-order valence-electron chi connectivity index (χ0n) is 18.0. The minimum absolute atomic E-state index is 0.0193. The van der Waals surface area contributed by atoms with Crippen LogP contribution in [-0.2, 0) is 4.74 Å². The molecule has 2 unspecified atom stereocenters. The van der Waals surface area contributed by atoms with Gasteiger partial charge in [0.25, 0.3) is 0 Å². The van der Waals surface area contributed by atoms with E-state index < -0.39 is 0 Å². The van der Waals surface area contributed by atoms with Crippen LogP contribution in [0.2, 0.25) is 5.02 Å². The van der Waals surface area contributed by atoms with E-state index in [-0.39, 0.29) is 17.8 Å². The Balaban J connectivity index is 1.59. The van der Waals surface area contributed by atoms with E-state index in [1.54, 1.807) is 12.1 Å². The second kappa shape index (κ2) is 8.57. The van der Waals surface area contributed by atoms with Crippen molar-refractivity contribution in [3.05, 3.63) is 88.2 Å². The third-order valence-corrected chi connectivity index (χ3v) is 6.26. The largest absolute Gasteiger partial charge is 0.373 e. The maximum Gasteiger partial charge on any atom is 0.134 e. The molecule has 6 heteroatoms. The summed E-state index contributed by atoms with van der Waals surface area (Å²) < 4.78 is 20.9. The monoisotopic (exact) mass is 447 g/mol. The Bertz CT molecular complexity index is 1310. The maximum absolute atomic E-state index is 14.9. The SMILES string of the molecule is Cc1cc(C2CC(c3cc4nc(C)ccc4c(-c4ccc(Cl)cc4F)n3)CCO2)ccn1. The molecule has 1 saturated heterocycles. The average Bonchev–Trinajstić information content (AvgIpc) is 2.78. The van der Waals surface area contributed by atoms with E-state index in [1.165, 1.54) is 6.07 Å². The van der Waals surface area contributed by atoms with Crippen molar-refractivity contribution >= 4 is 22.5 Å². The molecule has 1 fully saturated rings. The second-order valence-electron chi connectivity index (χ2n) is 8.35. The maximum atomic E-state index is 14.9. The molecule has 5 rings (SSSR count). The van der Waals surface area contributed by atoms with Crippen LogP contribution in [0.4, 0.5) is 4.39 Å². The number of nitrogens with zero attached hydrogens (tertiary/aromatic N) is 3. The van der Waals surface area contributed by atoms with Gasteiger partial charge in [-0.05, 0) is 80.8 Å². The van der Waals surface area contributed by atoms with E-state index in [1.807, 2.05) is 44.3 Å². The van der Waals surface area contributed by atoms with Crippen molar-refractivity contribution in [1.29, 1.82) is 0 Å². The molecule has 4 aromatic rings. The van der Waals surface area contributed by atoms with Crippen LogP contribution in [-0.4, -0.2) is 21.6 Å². The van der Waals surface area contributed by atoms with Gasteiger partial charge in [-0.2, -0.15) is 0 Å². The van der Waals surface area contributed by atoms with Crippen LogP contribution in [0.25, 0.3) is 22.2 Å². The zero-order valence-corrected chi connectivity index (χ0v) is 18.7. The van der Waals surface area contributed by atoms with Crippen LogP contribution in [0.5, 0.6) is 0 Å². The third-order valence-electron chi connectivity index (χ3n) is 6.03. The summed E-state index contributed by atoms with van der Waals surface area (Å²) in [5, 5.41) is 1.19. The third kappa shape index (κ3) is 4.10. The standard InChI is InChI=1S/C26H23ClFN3O/c1-15-3-5-21-24(30-15)14-23(31-26(21)20-6-4-19(27)13-22(20)28)17-8-10-32-25(12-17)18-7-9-29-16(2)11-18/h3-7,9,11,13-14,17,25H,8,10,12H2,1-2H3. The van der Waals surface area contributed by atoms with Gasteiger partial charge < -0.3 is 4.74 Å². The molecule has 162 valence electrons. The number of benzene rings is 1. The van der Waals surface area contributed by atoms with Gasteiger partial charge in [-0.25, -0.2) is 4.39 Å². The Morgan fingerprint density at radius 3 is 2.69 bits per heavy atom. The summed E-state index contributed by atoms with van der Waals surface area (Å²) in [6.07, 6.45) is 3.46. The summed E-state index contributed by atoms with van der Waals surface area (Å²) >= 11 is 5.99. The molecule has 1 aromatic carbocycles. The number of hydrogen-bond acceptors (Lipinski definition) is 4. The fraction of sp³-hybridized carbons (Fsp3) is 0.269. The highest BCUT2D eigenvalue weighted by atomic mass is 35.5. The van der Waals surface area contributed by atoms with Gasteiger partial charge in [-0.15, -0.1) is 0 Å². The van der Waals surface area contributed by atoms with Crippen molar-refractivity contribution in [3.8, 4) is 11.3 Å². The van der Waals surface area contributed by atoms with Crippen LogP contribution in [0.1, 0.15) is 47.5 Å². The lowest BCUT2D eigenvalue weighted by Gasteiger charge is -2.30. The fourth-order valence-electron chi connectivity index (χ4n) is 4.41. The summed E-state index contributed by atoms with van der Waals surface area (Å²) in [7, 11) is 0. The normalized spacial score (nSPS) is 18.8. The van der Waals surface area contributed by atoms with Gasteiger partial charge in [0.2, 0.25) is 0 Å². The molecular weight excluding hydrogens is 425 g/mol. The second-order valence-corrected chi connectivity index (χ2v) is 8.79. The number of aryl methyl sites for hydroxylation is 2. The smallest absolute Gasteiger partial charge is 0.134 e. The number of fused-ring (bicyclic) bond motifs is 1. The van der Waals surface area contributed by atoms with Crippen molar-refractivity contribution in [2.45, 2.75) is 38.7 Å². The first kappa shape index (κ1) is 21.0. The molecule has 4 heterocycles. The summed E-state index contributed by atoms with van der Waals surface area (Å²) in [5.41, 5.74) is 5.77. The molecule has 0 N–H and O–H groups in total. The van der Waals surface area contributed by atoms with E-state index >= 15 is 0 Å². The lowest BCUT2D eigenvalue weighted by molar-refractivity contribution is 0.00460. The molecule has 0 bridgehead atoms. The predicted octanol–water partition coefficient (Wildman–Crippen LogP) is 6.74. The number of rotatable bonds is 3. The van der Waals surface area contributed by atoms with Crippen molar-refractivity contribution in [2.75, 3.05) is 6.61 Å². The van der Waals surface area contributed by atoms with Gasteiger partial charge in [0.15, 0.2) is 0 Å². The topological polar surface area (TPSA) is 47.9 Å². The highest BCUT2D eigenvalue weighted by molar-refractivity contribution is 6.30. The molecule has 3 aromatic heterocycles. The van der Waals surface area contributed by atoms with Gasteiger partial charge in [0.05, 0.1) is 17.3 Å². The van der Waals surface area contributed by atoms with Crippen LogP contribution < -0.4 is 0 Å². The van der Waals surface area contributed by atoms with E-state index in [2.05, 4.69) is 11.1 Å². The number of hydrogen-bond donors (Lipinski definition) is 0. The Kier molecular flexibility index (Phi) is 5.62. The van der Waals surface area contributed by atoms with Crippen LogP contribution in [0.15, 0.2) is 54.7 Å². The van der Waals surface area contributed by atoms with Crippen molar-refractivity contribution in [3.63, 3.8) is 0 Å². The van der Waals surface area contributed by atoms with E-state index in [4.69, 9.17) is 26.3 Å². The van der Waals surface area contributed by atoms with Gasteiger partial charge >= 0.3 is 0 Å². The Morgan fingerprint density at radius 1 is 1.00 bits per heavy atom.